The third kappa shape index (κ3) is 3.47. The van der Waals surface area contributed by atoms with Crippen LogP contribution >= 0.6 is 0 Å². The van der Waals surface area contributed by atoms with Crippen molar-refractivity contribution in [1.82, 2.24) is 10.9 Å². The monoisotopic (exact) mass is 285 g/mol. The second-order valence-electron chi connectivity index (χ2n) is 4.33. The first-order valence-corrected chi connectivity index (χ1v) is 5.88. The first kappa shape index (κ1) is 14.3. The Kier molecular flexibility index (Phi) is 3.93. The van der Waals surface area contributed by atoms with E-state index in [4.69, 9.17) is 0 Å². The second-order valence-corrected chi connectivity index (χ2v) is 4.33. The van der Waals surface area contributed by atoms with Crippen LogP contribution in [0.25, 0.3) is 0 Å². The predicted octanol–water partition coefficient (Wildman–Crippen LogP) is 2.08. The van der Waals surface area contributed by atoms with E-state index in [9.17, 15) is 13.2 Å². The van der Waals surface area contributed by atoms with Gasteiger partial charge in [-0.3, -0.25) is 5.43 Å². The maximum Gasteiger partial charge on any atom is 0.474 e. The molecule has 0 saturated heterocycles. The number of aryl methyl sites for hydroxylation is 2. The molecule has 1 aliphatic heterocycles. The van der Waals surface area contributed by atoms with E-state index in [1.807, 2.05) is 37.5 Å². The number of hydrogen-bond acceptors (Lipinski definition) is 5. The molecule has 0 atom stereocenters. The third-order valence-corrected chi connectivity index (χ3v) is 2.73. The molecular weight excluding hydrogens is 271 g/mol. The van der Waals surface area contributed by atoms with Gasteiger partial charge >= 0.3 is 6.30 Å². The summed E-state index contributed by atoms with van der Waals surface area (Å²) in [6.07, 6.45) is -3.06. The zero-order valence-electron chi connectivity index (χ0n) is 11.0. The van der Waals surface area contributed by atoms with Crippen LogP contribution in [-0.4, -0.2) is 25.3 Å². The Labute approximate surface area is 114 Å². The lowest BCUT2D eigenvalue weighted by atomic mass is 10.1. The number of halogens is 3. The van der Waals surface area contributed by atoms with Gasteiger partial charge in [0.15, 0.2) is 0 Å². The first-order chi connectivity index (χ1) is 9.37. The van der Waals surface area contributed by atoms with Crippen LogP contribution in [0.1, 0.15) is 11.1 Å². The number of guanidine groups is 1. The fourth-order valence-electron chi connectivity index (χ4n) is 1.93. The van der Waals surface area contributed by atoms with E-state index in [1.165, 1.54) is 6.34 Å². The minimum atomic E-state index is -4.53. The predicted molar refractivity (Wildman–Crippen MR) is 71.5 cm³/mol. The Morgan fingerprint density at radius 1 is 1.20 bits per heavy atom. The average molecular weight is 285 g/mol. The molecule has 0 saturated carbocycles. The van der Waals surface area contributed by atoms with Crippen LogP contribution in [0.3, 0.4) is 0 Å². The Hall–Kier alpha value is -2.09. The molecule has 8 heteroatoms. The van der Waals surface area contributed by atoms with Gasteiger partial charge in [-0.05, 0) is 25.0 Å². The first-order valence-electron chi connectivity index (χ1n) is 5.88. The summed E-state index contributed by atoms with van der Waals surface area (Å²) in [4.78, 5) is 9.57. The summed E-state index contributed by atoms with van der Waals surface area (Å²) in [6.45, 7) is 4.12. The van der Waals surface area contributed by atoms with Gasteiger partial charge < -0.3 is 4.90 Å². The number of anilines is 1. The quantitative estimate of drug-likeness (QED) is 0.646. The van der Waals surface area contributed by atoms with E-state index in [-0.39, 0.29) is 12.6 Å². The average Bonchev–Trinajstić information content (AvgIpc) is 2.37. The van der Waals surface area contributed by atoms with Gasteiger partial charge in [0.2, 0.25) is 5.96 Å². The number of alkyl halides is 3. The van der Waals surface area contributed by atoms with Gasteiger partial charge in [-0.2, -0.15) is 13.2 Å². The van der Waals surface area contributed by atoms with Crippen LogP contribution in [0.5, 0.6) is 0 Å². The largest absolute Gasteiger partial charge is 0.474 e. The van der Waals surface area contributed by atoms with Gasteiger partial charge in [0.1, 0.15) is 13.0 Å². The Balaban J connectivity index is 2.04. The summed E-state index contributed by atoms with van der Waals surface area (Å²) in [7, 11) is 0. The third-order valence-electron chi connectivity index (χ3n) is 2.73. The number of hydrazine groups is 1. The van der Waals surface area contributed by atoms with E-state index >= 15 is 0 Å². The molecule has 0 unspecified atom stereocenters. The summed E-state index contributed by atoms with van der Waals surface area (Å²) in [6, 6.07) is 5.86. The van der Waals surface area contributed by atoms with Gasteiger partial charge in [0, 0.05) is 5.69 Å². The molecule has 108 valence electrons. The van der Waals surface area contributed by atoms with Crippen LogP contribution in [0.2, 0.25) is 0 Å². The van der Waals surface area contributed by atoms with E-state index < -0.39 is 6.30 Å². The second kappa shape index (κ2) is 5.49. The fraction of sp³-hybridized carbons (Fsp3) is 0.333. The van der Waals surface area contributed by atoms with Crippen LogP contribution in [0, 0.1) is 13.8 Å². The van der Waals surface area contributed by atoms with Crippen LogP contribution in [-0.2, 0) is 0 Å². The van der Waals surface area contributed by atoms with Crippen LogP contribution < -0.4 is 15.8 Å². The molecule has 2 rings (SSSR count). The molecule has 0 aromatic heterocycles. The van der Waals surface area contributed by atoms with Crippen molar-refractivity contribution in [3.05, 3.63) is 29.3 Å². The van der Waals surface area contributed by atoms with Crippen molar-refractivity contribution in [2.24, 2.45) is 9.98 Å². The zero-order chi connectivity index (χ0) is 14.8. The van der Waals surface area contributed by atoms with E-state index in [0.29, 0.717) is 0 Å². The van der Waals surface area contributed by atoms with Crippen molar-refractivity contribution in [3.63, 3.8) is 0 Å². The highest BCUT2D eigenvalue weighted by molar-refractivity contribution is 5.95. The van der Waals surface area contributed by atoms with Crippen molar-refractivity contribution in [1.29, 1.82) is 0 Å². The smallest absolute Gasteiger partial charge is 0.311 e. The molecule has 1 aromatic rings. The van der Waals surface area contributed by atoms with E-state index in [1.54, 1.807) is 4.90 Å². The van der Waals surface area contributed by atoms with Crippen molar-refractivity contribution in [2.75, 3.05) is 11.6 Å². The standard InChI is InChI=1S/C12H14F3N5/c1-8-4-3-5-9(2)10(8)20-6-16-11(17-7-20)18-19-12(13,14)15/h3-6,19H,7H2,1-2H3,(H,17,18). The lowest BCUT2D eigenvalue weighted by molar-refractivity contribution is -0.162. The molecule has 0 spiro atoms. The molecule has 1 aliphatic rings. The minimum absolute atomic E-state index is 0.107. The normalized spacial score (nSPS) is 15.2. The van der Waals surface area contributed by atoms with E-state index in [0.717, 1.165) is 22.2 Å². The number of hydrogen-bond donors (Lipinski definition) is 2. The minimum Gasteiger partial charge on any atom is -0.311 e. The van der Waals surface area contributed by atoms with Crippen molar-refractivity contribution >= 4 is 18.0 Å². The number of rotatable bonds is 2. The number of para-hydroxylation sites is 1. The summed E-state index contributed by atoms with van der Waals surface area (Å²) in [5, 5.41) is 0. The van der Waals surface area contributed by atoms with Gasteiger partial charge in [-0.1, -0.05) is 18.2 Å². The molecule has 5 nitrogen and oxygen atoms in total. The number of benzene rings is 1. The molecule has 20 heavy (non-hydrogen) atoms. The Bertz CT molecular complexity index is 530. The lowest BCUT2D eigenvalue weighted by Crippen LogP contribution is -2.47. The number of nitrogens with zero attached hydrogens (tertiary/aromatic N) is 3. The SMILES string of the molecule is Cc1cccc(C)c1N1C=NC(NNC(F)(F)F)=NC1. The summed E-state index contributed by atoms with van der Waals surface area (Å²) >= 11 is 0. The summed E-state index contributed by atoms with van der Waals surface area (Å²) in [5.74, 6) is -0.107. The molecule has 0 aliphatic carbocycles. The van der Waals surface area contributed by atoms with Gasteiger partial charge in [0.05, 0.1) is 0 Å². The molecule has 0 amide bonds. The van der Waals surface area contributed by atoms with Crippen LogP contribution in [0.15, 0.2) is 28.2 Å². The van der Waals surface area contributed by atoms with Gasteiger partial charge in [-0.15, -0.1) is 5.43 Å². The Morgan fingerprint density at radius 3 is 2.35 bits per heavy atom. The summed E-state index contributed by atoms with van der Waals surface area (Å²) in [5.41, 5.74) is 6.13. The fourth-order valence-corrected chi connectivity index (χ4v) is 1.93. The van der Waals surface area contributed by atoms with Crippen molar-refractivity contribution in [3.8, 4) is 0 Å². The maximum absolute atomic E-state index is 12.0. The molecule has 1 aromatic carbocycles. The zero-order valence-corrected chi connectivity index (χ0v) is 11.0. The van der Waals surface area contributed by atoms with Gasteiger partial charge in [-0.25, -0.2) is 9.98 Å². The lowest BCUT2D eigenvalue weighted by Gasteiger charge is -2.24. The molecular formula is C12H14F3N5. The maximum atomic E-state index is 12.0. The summed E-state index contributed by atoms with van der Waals surface area (Å²) < 4.78 is 35.9. The van der Waals surface area contributed by atoms with Crippen molar-refractivity contribution < 1.29 is 13.2 Å². The van der Waals surface area contributed by atoms with Crippen LogP contribution in [0.4, 0.5) is 18.9 Å². The highest BCUT2D eigenvalue weighted by atomic mass is 19.4. The van der Waals surface area contributed by atoms with Crippen molar-refractivity contribution in [2.45, 2.75) is 20.1 Å². The highest BCUT2D eigenvalue weighted by Gasteiger charge is 2.27. The number of nitrogens with one attached hydrogen (secondary N) is 2. The topological polar surface area (TPSA) is 52.0 Å². The molecule has 0 bridgehead atoms. The molecule has 0 fully saturated rings. The molecule has 0 radical (unpaired) electrons. The van der Waals surface area contributed by atoms with E-state index in [2.05, 4.69) is 9.98 Å². The Morgan fingerprint density at radius 2 is 1.85 bits per heavy atom. The molecule has 2 N–H and O–H groups in total. The molecule has 1 heterocycles. The van der Waals surface area contributed by atoms with Gasteiger partial charge in [0.25, 0.3) is 0 Å². The highest BCUT2D eigenvalue weighted by Crippen LogP contribution is 2.24. The number of aliphatic imine (C=N–C) groups is 2.